The molecule has 1 N–H and O–H groups in total. The van der Waals surface area contributed by atoms with Crippen molar-refractivity contribution in [2.24, 2.45) is 0 Å². The van der Waals surface area contributed by atoms with Crippen molar-refractivity contribution in [1.29, 1.82) is 0 Å². The summed E-state index contributed by atoms with van der Waals surface area (Å²) in [5, 5.41) is 9.17. The van der Waals surface area contributed by atoms with Crippen molar-refractivity contribution >= 4 is 23.2 Å². The average Bonchev–Trinajstić information content (AvgIpc) is 2.75. The summed E-state index contributed by atoms with van der Waals surface area (Å²) in [5.74, 6) is -0.791. The molecule has 1 aliphatic carbocycles. The monoisotopic (exact) mass is 290 g/mol. The molecule has 0 atom stereocenters. The highest BCUT2D eigenvalue weighted by atomic mass is 16.4. The maximum atomic E-state index is 11.2. The number of carboxylic acids is 1. The number of aliphatic carboxylic acids is 1. The summed E-state index contributed by atoms with van der Waals surface area (Å²) in [4.78, 5) is 11.2. The molecule has 2 nitrogen and oxygen atoms in total. The predicted molar refractivity (Wildman–Crippen MR) is 90.3 cm³/mol. The first-order chi connectivity index (χ1) is 10.6. The molecule has 0 aromatic heterocycles. The Morgan fingerprint density at radius 2 is 1.64 bits per heavy atom. The molecule has 22 heavy (non-hydrogen) atoms. The van der Waals surface area contributed by atoms with Crippen LogP contribution in [0, 0.1) is 6.92 Å². The Hall–Kier alpha value is -2.61. The summed E-state index contributed by atoms with van der Waals surface area (Å²) in [6, 6.07) is 16.4. The summed E-state index contributed by atoms with van der Waals surface area (Å²) >= 11 is 0. The number of benzene rings is 2. The molecule has 0 saturated heterocycles. The first kappa shape index (κ1) is 14.3. The van der Waals surface area contributed by atoms with Crippen LogP contribution in [-0.2, 0) is 4.79 Å². The van der Waals surface area contributed by atoms with Gasteiger partial charge in [0.1, 0.15) is 0 Å². The van der Waals surface area contributed by atoms with Gasteiger partial charge < -0.3 is 5.11 Å². The van der Waals surface area contributed by atoms with E-state index in [1.807, 2.05) is 25.1 Å². The number of allylic oxidation sites excluding steroid dienone is 2. The molecule has 2 aromatic carbocycles. The molecule has 0 aliphatic heterocycles. The van der Waals surface area contributed by atoms with Crippen LogP contribution in [0.5, 0.6) is 0 Å². The highest BCUT2D eigenvalue weighted by Crippen LogP contribution is 2.43. The van der Waals surface area contributed by atoms with E-state index in [0.717, 1.165) is 33.4 Å². The Morgan fingerprint density at radius 3 is 2.27 bits per heavy atom. The Balaban J connectivity index is 2.12. The van der Waals surface area contributed by atoms with Crippen LogP contribution < -0.4 is 0 Å². The number of fused-ring (bicyclic) bond motifs is 1. The number of carboxylic acid groups (broad SMARTS) is 1. The zero-order valence-corrected chi connectivity index (χ0v) is 12.8. The lowest BCUT2D eigenvalue weighted by Crippen LogP contribution is -1.96. The first-order valence-corrected chi connectivity index (χ1v) is 7.36. The standard InChI is InChI=1S/C20H18O2/c1-13-7-9-15(10-8-13)11-18-14(2)19(12-20(21)22)17-6-4-3-5-16(17)18/h3-11H,12H2,1-2H3,(H,21,22)/b18-11-. The van der Waals surface area contributed by atoms with E-state index in [9.17, 15) is 9.90 Å². The first-order valence-electron chi connectivity index (χ1n) is 7.36. The summed E-state index contributed by atoms with van der Waals surface area (Å²) in [7, 11) is 0. The lowest BCUT2D eigenvalue weighted by atomic mass is 10.0. The molecule has 3 rings (SSSR count). The lowest BCUT2D eigenvalue weighted by molar-refractivity contribution is -0.135. The van der Waals surface area contributed by atoms with Gasteiger partial charge in [-0.25, -0.2) is 0 Å². The molecule has 0 spiro atoms. The van der Waals surface area contributed by atoms with Gasteiger partial charge in [0.2, 0.25) is 0 Å². The molecule has 110 valence electrons. The van der Waals surface area contributed by atoms with Crippen LogP contribution in [0.4, 0.5) is 0 Å². The maximum absolute atomic E-state index is 11.2. The van der Waals surface area contributed by atoms with Crippen molar-refractivity contribution in [3.8, 4) is 0 Å². The SMILES string of the molecule is CC1=C(CC(=O)O)c2ccccc2/C1=C\c1ccc(C)cc1. The Bertz CT molecular complexity index is 793. The van der Waals surface area contributed by atoms with Gasteiger partial charge in [-0.1, -0.05) is 54.1 Å². The summed E-state index contributed by atoms with van der Waals surface area (Å²) < 4.78 is 0. The number of carbonyl (C=O) groups is 1. The fourth-order valence-corrected chi connectivity index (χ4v) is 2.94. The number of hydrogen-bond donors (Lipinski definition) is 1. The van der Waals surface area contributed by atoms with Crippen LogP contribution in [0.15, 0.2) is 54.1 Å². The molecule has 1 aliphatic rings. The summed E-state index contributed by atoms with van der Waals surface area (Å²) in [5.41, 5.74) is 7.62. The molecule has 0 unspecified atom stereocenters. The van der Waals surface area contributed by atoms with E-state index in [2.05, 4.69) is 43.3 Å². The normalized spacial score (nSPS) is 15.3. The van der Waals surface area contributed by atoms with Gasteiger partial charge in [0, 0.05) is 0 Å². The zero-order valence-electron chi connectivity index (χ0n) is 12.8. The van der Waals surface area contributed by atoms with Crippen LogP contribution in [0.25, 0.3) is 17.2 Å². The molecule has 0 heterocycles. The minimum Gasteiger partial charge on any atom is -0.481 e. The second-order valence-corrected chi connectivity index (χ2v) is 5.69. The van der Waals surface area contributed by atoms with E-state index in [4.69, 9.17) is 0 Å². The maximum Gasteiger partial charge on any atom is 0.307 e. The smallest absolute Gasteiger partial charge is 0.307 e. The number of rotatable bonds is 3. The Morgan fingerprint density at radius 1 is 1.00 bits per heavy atom. The molecular formula is C20H18O2. The minimum absolute atomic E-state index is 0.0636. The van der Waals surface area contributed by atoms with Crippen LogP contribution in [0.2, 0.25) is 0 Å². The molecular weight excluding hydrogens is 272 g/mol. The van der Waals surface area contributed by atoms with Gasteiger partial charge >= 0.3 is 5.97 Å². The highest BCUT2D eigenvalue weighted by molar-refractivity contribution is 6.07. The van der Waals surface area contributed by atoms with Gasteiger partial charge in [0.25, 0.3) is 0 Å². The van der Waals surface area contributed by atoms with Crippen molar-refractivity contribution in [3.63, 3.8) is 0 Å². The lowest BCUT2D eigenvalue weighted by Gasteiger charge is -2.04. The molecule has 0 fully saturated rings. The van der Waals surface area contributed by atoms with Gasteiger partial charge in [-0.15, -0.1) is 0 Å². The van der Waals surface area contributed by atoms with Crippen molar-refractivity contribution < 1.29 is 9.90 Å². The predicted octanol–water partition coefficient (Wildman–Crippen LogP) is 4.80. The van der Waals surface area contributed by atoms with Crippen LogP contribution in [0.1, 0.15) is 35.6 Å². The largest absolute Gasteiger partial charge is 0.481 e. The Labute approximate surface area is 130 Å². The van der Waals surface area contributed by atoms with Gasteiger partial charge in [-0.05, 0) is 53.3 Å². The molecule has 0 radical (unpaired) electrons. The van der Waals surface area contributed by atoms with Crippen molar-refractivity contribution in [1.82, 2.24) is 0 Å². The summed E-state index contributed by atoms with van der Waals surface area (Å²) in [6.45, 7) is 4.08. The summed E-state index contributed by atoms with van der Waals surface area (Å²) in [6.07, 6.45) is 2.20. The molecule has 2 aromatic rings. The second-order valence-electron chi connectivity index (χ2n) is 5.69. The fraction of sp³-hybridized carbons (Fsp3) is 0.150. The third-order valence-electron chi connectivity index (χ3n) is 4.12. The van der Waals surface area contributed by atoms with Crippen molar-refractivity contribution in [2.45, 2.75) is 20.3 Å². The van der Waals surface area contributed by atoms with Gasteiger partial charge in [0.15, 0.2) is 0 Å². The molecule has 0 saturated carbocycles. The van der Waals surface area contributed by atoms with Gasteiger partial charge in [-0.3, -0.25) is 4.79 Å². The Kier molecular flexibility index (Phi) is 3.68. The number of aryl methyl sites for hydroxylation is 1. The van der Waals surface area contributed by atoms with Gasteiger partial charge in [0.05, 0.1) is 6.42 Å². The molecule has 0 amide bonds. The number of hydrogen-bond acceptors (Lipinski definition) is 1. The third kappa shape index (κ3) is 2.60. The molecule has 2 heteroatoms. The van der Waals surface area contributed by atoms with E-state index in [1.54, 1.807) is 0 Å². The zero-order chi connectivity index (χ0) is 15.7. The van der Waals surface area contributed by atoms with E-state index in [0.29, 0.717) is 0 Å². The fourth-order valence-electron chi connectivity index (χ4n) is 2.94. The van der Waals surface area contributed by atoms with Crippen LogP contribution >= 0.6 is 0 Å². The quantitative estimate of drug-likeness (QED) is 0.881. The average molecular weight is 290 g/mol. The highest BCUT2D eigenvalue weighted by Gasteiger charge is 2.24. The van der Waals surface area contributed by atoms with Crippen LogP contribution in [-0.4, -0.2) is 11.1 Å². The van der Waals surface area contributed by atoms with Crippen LogP contribution in [0.3, 0.4) is 0 Å². The minimum atomic E-state index is -0.791. The second kappa shape index (κ2) is 5.64. The van der Waals surface area contributed by atoms with Gasteiger partial charge in [-0.2, -0.15) is 0 Å². The van der Waals surface area contributed by atoms with Crippen molar-refractivity contribution in [3.05, 3.63) is 76.4 Å². The van der Waals surface area contributed by atoms with E-state index in [-0.39, 0.29) is 6.42 Å². The third-order valence-corrected chi connectivity index (χ3v) is 4.12. The van der Waals surface area contributed by atoms with E-state index < -0.39 is 5.97 Å². The van der Waals surface area contributed by atoms with Crippen molar-refractivity contribution in [2.75, 3.05) is 0 Å². The van der Waals surface area contributed by atoms with E-state index >= 15 is 0 Å². The topological polar surface area (TPSA) is 37.3 Å². The van der Waals surface area contributed by atoms with E-state index in [1.165, 1.54) is 5.56 Å². The molecule has 0 bridgehead atoms.